The minimum Gasteiger partial charge on any atom is -0.443 e. The van der Waals surface area contributed by atoms with Gasteiger partial charge in [0.1, 0.15) is 11.8 Å². The maximum absolute atomic E-state index is 13.7. The highest BCUT2D eigenvalue weighted by Crippen LogP contribution is 2.35. The highest BCUT2D eigenvalue weighted by atomic mass is 32.2. The maximum atomic E-state index is 13.7. The molecule has 0 saturated carbocycles. The standard InChI is InChI=1S/C30H40N4O7S/c1-20(35)30(17-21-8-5-4-6-9-21,34-28(36)41-25-18-40-27-24(25)13-15-39-27)33-19-29(2,3)26(12-14-31)42(37,38)23-11-7-10-22(32)16-23/h4-11,16,20,24-27,33,35H,12-13,15,17-19,32H2,1-3H3,(H,34,36)/t20-,24+,25+,26?,27-,30+/m1/s1. The summed E-state index contributed by atoms with van der Waals surface area (Å²) in [5, 5.41) is 25.8. The third kappa shape index (κ3) is 7.04. The monoisotopic (exact) mass is 600 g/mol. The Morgan fingerprint density at radius 3 is 2.62 bits per heavy atom. The van der Waals surface area contributed by atoms with E-state index >= 15 is 0 Å². The summed E-state index contributed by atoms with van der Waals surface area (Å²) in [6, 6.07) is 17.3. The molecule has 12 heteroatoms. The van der Waals surface area contributed by atoms with Gasteiger partial charge in [-0.2, -0.15) is 5.26 Å². The molecule has 2 heterocycles. The Balaban J connectivity index is 1.60. The van der Waals surface area contributed by atoms with E-state index in [1.165, 1.54) is 12.1 Å². The normalized spacial score (nSPS) is 23.3. The number of carbonyl (C=O) groups is 1. The first-order valence-corrected chi connectivity index (χ1v) is 15.6. The van der Waals surface area contributed by atoms with Crippen LogP contribution < -0.4 is 16.4 Å². The van der Waals surface area contributed by atoms with Crippen molar-refractivity contribution in [3.63, 3.8) is 0 Å². The van der Waals surface area contributed by atoms with Crippen molar-refractivity contribution in [2.24, 2.45) is 11.3 Å². The number of carbonyl (C=O) groups excluding carboxylic acids is 1. The van der Waals surface area contributed by atoms with Crippen molar-refractivity contribution in [3.8, 4) is 6.07 Å². The van der Waals surface area contributed by atoms with Crippen molar-refractivity contribution in [1.82, 2.24) is 10.6 Å². The number of nitrogen functional groups attached to an aromatic ring is 1. The zero-order valence-electron chi connectivity index (χ0n) is 24.2. The van der Waals surface area contributed by atoms with Crippen LogP contribution in [0, 0.1) is 22.7 Å². The molecule has 0 spiro atoms. The van der Waals surface area contributed by atoms with Gasteiger partial charge in [-0.3, -0.25) is 5.32 Å². The number of sulfone groups is 1. The van der Waals surface area contributed by atoms with Crippen molar-refractivity contribution < 1.29 is 32.5 Å². The molecule has 42 heavy (non-hydrogen) atoms. The predicted molar refractivity (Wildman–Crippen MR) is 156 cm³/mol. The van der Waals surface area contributed by atoms with Crippen LogP contribution in [0.4, 0.5) is 10.5 Å². The lowest BCUT2D eigenvalue weighted by molar-refractivity contribution is -0.0907. The van der Waals surface area contributed by atoms with E-state index in [9.17, 15) is 23.6 Å². The van der Waals surface area contributed by atoms with Gasteiger partial charge in [0.25, 0.3) is 0 Å². The number of fused-ring (bicyclic) bond motifs is 1. The fourth-order valence-electron chi connectivity index (χ4n) is 5.61. The van der Waals surface area contributed by atoms with Gasteiger partial charge in [-0.25, -0.2) is 13.2 Å². The van der Waals surface area contributed by atoms with Gasteiger partial charge in [0.15, 0.2) is 16.1 Å². The summed E-state index contributed by atoms with van der Waals surface area (Å²) in [5.41, 5.74) is 4.49. The molecule has 1 unspecified atom stereocenters. The van der Waals surface area contributed by atoms with Gasteiger partial charge in [-0.15, -0.1) is 0 Å². The summed E-state index contributed by atoms with van der Waals surface area (Å²) in [7, 11) is -3.98. The molecular weight excluding hydrogens is 560 g/mol. The number of anilines is 1. The van der Waals surface area contributed by atoms with E-state index in [4.69, 9.17) is 19.9 Å². The van der Waals surface area contributed by atoms with E-state index in [-0.39, 0.29) is 36.8 Å². The molecule has 1 amide bonds. The summed E-state index contributed by atoms with van der Waals surface area (Å²) >= 11 is 0. The van der Waals surface area contributed by atoms with E-state index < -0.39 is 50.8 Å². The fraction of sp³-hybridized carbons (Fsp3) is 0.533. The van der Waals surface area contributed by atoms with Gasteiger partial charge in [-0.1, -0.05) is 50.2 Å². The maximum Gasteiger partial charge on any atom is 0.409 e. The van der Waals surface area contributed by atoms with Gasteiger partial charge < -0.3 is 30.4 Å². The van der Waals surface area contributed by atoms with Crippen LogP contribution in [0.1, 0.15) is 39.2 Å². The molecule has 2 aliphatic heterocycles. The van der Waals surface area contributed by atoms with Crippen molar-refractivity contribution >= 4 is 21.6 Å². The Morgan fingerprint density at radius 1 is 1.21 bits per heavy atom. The number of nitrogens with two attached hydrogens (primary N) is 1. The number of nitrogens with one attached hydrogen (secondary N) is 2. The molecular formula is C30H40N4O7S. The van der Waals surface area contributed by atoms with Gasteiger partial charge >= 0.3 is 6.09 Å². The molecule has 0 aliphatic carbocycles. The Hall–Kier alpha value is -3.21. The number of aliphatic hydroxyl groups is 1. The quantitative estimate of drug-likeness (QED) is 0.210. The first-order valence-electron chi connectivity index (χ1n) is 14.0. The number of hydrogen-bond acceptors (Lipinski definition) is 10. The van der Waals surface area contributed by atoms with Crippen molar-refractivity contribution in [2.75, 3.05) is 25.5 Å². The molecule has 2 aliphatic rings. The number of rotatable bonds is 12. The van der Waals surface area contributed by atoms with Gasteiger partial charge in [0.2, 0.25) is 0 Å². The van der Waals surface area contributed by atoms with Crippen molar-refractivity contribution in [3.05, 3.63) is 60.2 Å². The third-order valence-corrected chi connectivity index (χ3v) is 10.6. The first-order chi connectivity index (χ1) is 19.9. The average molecular weight is 601 g/mol. The topological polar surface area (TPSA) is 173 Å². The second kappa shape index (κ2) is 13.0. The molecule has 2 aromatic carbocycles. The number of hydrogen-bond donors (Lipinski definition) is 4. The smallest absolute Gasteiger partial charge is 0.409 e. The number of benzene rings is 2. The van der Waals surface area contributed by atoms with Gasteiger partial charge in [0, 0.05) is 18.7 Å². The van der Waals surface area contributed by atoms with Crippen LogP contribution in [-0.2, 0) is 30.5 Å². The number of aliphatic hydroxyl groups excluding tert-OH is 1. The summed E-state index contributed by atoms with van der Waals surface area (Å²) in [5.74, 6) is -0.0679. The minimum absolute atomic E-state index is 0.0178. The van der Waals surface area contributed by atoms with Gasteiger partial charge in [0.05, 0.1) is 47.9 Å². The SMILES string of the molecule is C[C@@H](O)[C@@](Cc1ccccc1)(NCC(C)(C)C(CC#N)S(=O)(=O)c1cccc(N)c1)NC(=O)O[C@H]1CO[C@H]2OCC[C@H]21. The summed E-state index contributed by atoms with van der Waals surface area (Å²) < 4.78 is 44.3. The molecule has 2 fully saturated rings. The molecule has 4 rings (SSSR count). The molecule has 6 atom stereocenters. The van der Waals surface area contributed by atoms with Crippen LogP contribution in [0.15, 0.2) is 59.5 Å². The summed E-state index contributed by atoms with van der Waals surface area (Å²) in [6.45, 7) is 5.76. The average Bonchev–Trinajstić information content (AvgIpc) is 3.56. The number of alkyl carbamates (subject to hydrolysis) is 1. The third-order valence-electron chi connectivity index (χ3n) is 8.18. The fourth-order valence-corrected chi connectivity index (χ4v) is 7.72. The number of nitrogens with zero attached hydrogens (tertiary/aromatic N) is 1. The van der Waals surface area contributed by atoms with Crippen LogP contribution in [0.25, 0.3) is 0 Å². The van der Waals surface area contributed by atoms with Crippen LogP contribution in [0.3, 0.4) is 0 Å². The zero-order valence-corrected chi connectivity index (χ0v) is 25.0. The second-order valence-corrected chi connectivity index (χ2v) is 13.8. The van der Waals surface area contributed by atoms with Crippen molar-refractivity contribution in [1.29, 1.82) is 5.26 Å². The van der Waals surface area contributed by atoms with Crippen LogP contribution in [0.5, 0.6) is 0 Å². The lowest BCUT2D eigenvalue weighted by Crippen LogP contribution is -2.68. The Morgan fingerprint density at radius 2 is 1.95 bits per heavy atom. The lowest BCUT2D eigenvalue weighted by Gasteiger charge is -2.42. The summed E-state index contributed by atoms with van der Waals surface area (Å²) in [6.07, 6.45) is -2.18. The lowest BCUT2D eigenvalue weighted by atomic mass is 9.85. The summed E-state index contributed by atoms with van der Waals surface area (Å²) in [4.78, 5) is 13.3. The van der Waals surface area contributed by atoms with Crippen molar-refractivity contribution in [2.45, 2.75) is 74.3 Å². The minimum atomic E-state index is -3.98. The number of ether oxygens (including phenoxy) is 3. The van der Waals surface area contributed by atoms with E-state index in [0.29, 0.717) is 18.7 Å². The molecule has 228 valence electrons. The molecule has 11 nitrogen and oxygen atoms in total. The Kier molecular flexibility index (Phi) is 9.80. The van der Waals surface area contributed by atoms with E-state index in [1.54, 1.807) is 32.9 Å². The Bertz CT molecular complexity index is 1380. The molecule has 5 N–H and O–H groups in total. The Labute approximate surface area is 247 Å². The molecule has 0 bridgehead atoms. The van der Waals surface area contributed by atoms with E-state index in [2.05, 4.69) is 10.6 Å². The highest BCUT2D eigenvalue weighted by Gasteiger charge is 2.47. The first kappa shape index (κ1) is 31.7. The van der Waals surface area contributed by atoms with E-state index in [0.717, 1.165) is 5.56 Å². The zero-order chi connectivity index (χ0) is 30.5. The molecule has 2 saturated heterocycles. The molecule has 0 aromatic heterocycles. The van der Waals surface area contributed by atoms with Crippen LogP contribution >= 0.6 is 0 Å². The predicted octanol–water partition coefficient (Wildman–Crippen LogP) is 2.75. The van der Waals surface area contributed by atoms with Crippen LogP contribution in [0.2, 0.25) is 0 Å². The number of amides is 1. The molecule has 0 radical (unpaired) electrons. The number of nitriles is 1. The van der Waals surface area contributed by atoms with E-state index in [1.807, 2.05) is 36.4 Å². The highest BCUT2D eigenvalue weighted by molar-refractivity contribution is 7.92. The van der Waals surface area contributed by atoms with Crippen LogP contribution in [-0.4, -0.2) is 68.8 Å². The molecule has 2 aromatic rings. The van der Waals surface area contributed by atoms with Gasteiger partial charge in [-0.05, 0) is 42.5 Å². The largest absolute Gasteiger partial charge is 0.443 e. The second-order valence-electron chi connectivity index (χ2n) is 11.7.